The minimum Gasteiger partial charge on any atom is -0.337 e. The summed E-state index contributed by atoms with van der Waals surface area (Å²) in [5, 5.41) is 0. The lowest BCUT2D eigenvalue weighted by molar-refractivity contribution is -0.132. The van der Waals surface area contributed by atoms with Crippen molar-refractivity contribution in [3.8, 4) is 0 Å². The van der Waals surface area contributed by atoms with Crippen molar-refractivity contribution in [2.24, 2.45) is 5.41 Å². The highest BCUT2D eigenvalue weighted by atomic mass is 16.2. The summed E-state index contributed by atoms with van der Waals surface area (Å²) in [6.07, 6.45) is 10.8. The fourth-order valence-electron chi connectivity index (χ4n) is 6.04. The van der Waals surface area contributed by atoms with Gasteiger partial charge in [-0.2, -0.15) is 0 Å². The summed E-state index contributed by atoms with van der Waals surface area (Å²) in [5.41, 5.74) is 2.55. The van der Waals surface area contributed by atoms with E-state index in [0.717, 1.165) is 25.9 Å². The molecule has 152 valence electrons. The molecule has 1 spiro atoms. The summed E-state index contributed by atoms with van der Waals surface area (Å²) in [6.45, 7) is 2.92. The molecule has 0 N–H and O–H groups in total. The molecule has 1 aliphatic carbocycles. The largest absolute Gasteiger partial charge is 0.337 e. The lowest BCUT2D eigenvalue weighted by Gasteiger charge is -2.63. The number of amides is 1. The van der Waals surface area contributed by atoms with Crippen LogP contribution in [0.4, 0.5) is 0 Å². The highest BCUT2D eigenvalue weighted by Crippen LogP contribution is 2.58. The third kappa shape index (κ3) is 3.48. The van der Waals surface area contributed by atoms with E-state index in [1.54, 1.807) is 6.20 Å². The fraction of sp³-hybridized carbons (Fsp3) is 0.520. The normalized spacial score (nSPS) is 25.0. The molecule has 4 heteroatoms. The maximum Gasteiger partial charge on any atom is 0.272 e. The molecule has 3 aliphatic rings. The second-order valence-electron chi connectivity index (χ2n) is 9.15. The second-order valence-corrected chi connectivity index (χ2v) is 9.15. The van der Waals surface area contributed by atoms with Gasteiger partial charge in [-0.15, -0.1) is 0 Å². The zero-order chi connectivity index (χ0) is 19.7. The molecule has 3 heterocycles. The molecule has 4 nitrogen and oxygen atoms in total. The van der Waals surface area contributed by atoms with Crippen LogP contribution in [0.15, 0.2) is 54.7 Å². The van der Waals surface area contributed by atoms with Crippen molar-refractivity contribution in [1.29, 1.82) is 0 Å². The Hall–Kier alpha value is -2.20. The minimum atomic E-state index is 0.0796. The van der Waals surface area contributed by atoms with Gasteiger partial charge in [-0.25, -0.2) is 0 Å². The van der Waals surface area contributed by atoms with Crippen LogP contribution in [0.25, 0.3) is 0 Å². The molecule has 5 rings (SSSR count). The highest BCUT2D eigenvalue weighted by Gasteiger charge is 2.54. The van der Waals surface area contributed by atoms with Crippen LogP contribution in [-0.4, -0.2) is 46.4 Å². The van der Waals surface area contributed by atoms with Crippen LogP contribution >= 0.6 is 0 Å². The summed E-state index contributed by atoms with van der Waals surface area (Å²) >= 11 is 0. The summed E-state index contributed by atoms with van der Waals surface area (Å²) < 4.78 is 0. The molecule has 2 aliphatic heterocycles. The maximum absolute atomic E-state index is 12.7. The van der Waals surface area contributed by atoms with E-state index < -0.39 is 0 Å². The Balaban J connectivity index is 1.28. The van der Waals surface area contributed by atoms with E-state index in [1.807, 2.05) is 23.1 Å². The first-order chi connectivity index (χ1) is 14.3. The van der Waals surface area contributed by atoms with Gasteiger partial charge in [0, 0.05) is 43.3 Å². The molecule has 3 fully saturated rings. The molecule has 1 aromatic heterocycles. The number of pyridine rings is 1. The molecule has 1 atom stereocenters. The van der Waals surface area contributed by atoms with E-state index in [4.69, 9.17) is 0 Å². The van der Waals surface area contributed by atoms with Crippen LogP contribution in [0, 0.1) is 5.41 Å². The summed E-state index contributed by atoms with van der Waals surface area (Å²) in [5.74, 6) is 0.0796. The van der Waals surface area contributed by atoms with Crippen LogP contribution in [0.3, 0.4) is 0 Å². The van der Waals surface area contributed by atoms with Gasteiger partial charge in [0.15, 0.2) is 0 Å². The number of piperidine rings is 1. The molecule has 1 aromatic carbocycles. The van der Waals surface area contributed by atoms with Gasteiger partial charge in [0.1, 0.15) is 5.69 Å². The number of nitrogens with zero attached hydrogens (tertiary/aromatic N) is 3. The number of benzene rings is 1. The fourth-order valence-corrected chi connectivity index (χ4v) is 6.04. The van der Waals surface area contributed by atoms with Crippen LogP contribution in [-0.2, 0) is 0 Å². The first kappa shape index (κ1) is 18.8. The lowest BCUT2D eigenvalue weighted by Crippen LogP contribution is -2.63. The van der Waals surface area contributed by atoms with E-state index >= 15 is 0 Å². The van der Waals surface area contributed by atoms with Gasteiger partial charge in [0.2, 0.25) is 0 Å². The van der Waals surface area contributed by atoms with Crippen molar-refractivity contribution in [1.82, 2.24) is 14.8 Å². The monoisotopic (exact) mass is 389 g/mol. The molecular weight excluding hydrogens is 358 g/mol. The predicted molar refractivity (Wildman–Crippen MR) is 115 cm³/mol. The number of hydrogen-bond donors (Lipinski definition) is 0. The van der Waals surface area contributed by atoms with Crippen molar-refractivity contribution < 1.29 is 4.79 Å². The van der Waals surface area contributed by atoms with Gasteiger partial charge in [-0.1, -0.05) is 55.7 Å². The Labute approximate surface area is 173 Å². The average Bonchev–Trinajstić information content (AvgIpc) is 2.79. The maximum atomic E-state index is 12.7. The summed E-state index contributed by atoms with van der Waals surface area (Å²) in [7, 11) is 0. The zero-order valence-corrected chi connectivity index (χ0v) is 17.2. The predicted octanol–water partition coefficient (Wildman–Crippen LogP) is 4.69. The standard InChI is InChI=1S/C25H31N3O/c29-24(22-11-5-8-16-26-22)27-17-12-21(13-18-27)28-19-25(14-6-2-7-15-25)23(28)20-9-3-1-4-10-20/h1,3-5,8-11,16,21,23H,2,6-7,12-15,17-19H2. The van der Waals surface area contributed by atoms with E-state index in [9.17, 15) is 4.79 Å². The third-order valence-electron chi connectivity index (χ3n) is 7.48. The SMILES string of the molecule is O=C(c1ccccn1)N1CCC(N2CC3(CCCCC3)C2c2ccccc2)CC1. The molecular formula is C25H31N3O. The van der Waals surface area contributed by atoms with Crippen LogP contribution < -0.4 is 0 Å². The molecule has 2 saturated heterocycles. The van der Waals surface area contributed by atoms with Crippen molar-refractivity contribution in [3.63, 3.8) is 0 Å². The van der Waals surface area contributed by atoms with Gasteiger partial charge in [0.25, 0.3) is 5.91 Å². The Morgan fingerprint density at radius 1 is 0.931 bits per heavy atom. The number of carbonyl (C=O) groups excluding carboxylic acids is 1. The topological polar surface area (TPSA) is 36.4 Å². The Morgan fingerprint density at radius 3 is 2.34 bits per heavy atom. The number of aromatic nitrogens is 1. The molecule has 1 unspecified atom stereocenters. The van der Waals surface area contributed by atoms with Crippen molar-refractivity contribution in [2.75, 3.05) is 19.6 Å². The third-order valence-corrected chi connectivity index (χ3v) is 7.48. The Morgan fingerprint density at radius 2 is 1.66 bits per heavy atom. The van der Waals surface area contributed by atoms with E-state index in [-0.39, 0.29) is 5.91 Å². The first-order valence-corrected chi connectivity index (χ1v) is 11.3. The number of carbonyl (C=O) groups is 1. The first-order valence-electron chi connectivity index (χ1n) is 11.3. The van der Waals surface area contributed by atoms with Crippen molar-refractivity contribution >= 4 is 5.91 Å². The van der Waals surface area contributed by atoms with E-state index in [2.05, 4.69) is 40.2 Å². The van der Waals surface area contributed by atoms with E-state index in [0.29, 0.717) is 23.2 Å². The summed E-state index contributed by atoms with van der Waals surface area (Å²) in [6, 6.07) is 17.9. The van der Waals surface area contributed by atoms with Crippen LogP contribution in [0.5, 0.6) is 0 Å². The molecule has 0 radical (unpaired) electrons. The van der Waals surface area contributed by atoms with Gasteiger partial charge in [0.05, 0.1) is 0 Å². The number of rotatable bonds is 3. The molecule has 1 amide bonds. The van der Waals surface area contributed by atoms with Crippen LogP contribution in [0.1, 0.15) is 67.0 Å². The Bertz CT molecular complexity index is 824. The highest BCUT2D eigenvalue weighted by molar-refractivity contribution is 5.92. The minimum absolute atomic E-state index is 0.0796. The van der Waals surface area contributed by atoms with Gasteiger partial charge < -0.3 is 4.90 Å². The van der Waals surface area contributed by atoms with E-state index in [1.165, 1.54) is 44.2 Å². The van der Waals surface area contributed by atoms with Gasteiger partial charge in [-0.3, -0.25) is 14.7 Å². The second kappa shape index (κ2) is 7.91. The quantitative estimate of drug-likeness (QED) is 0.764. The smallest absolute Gasteiger partial charge is 0.272 e. The zero-order valence-electron chi connectivity index (χ0n) is 17.2. The van der Waals surface area contributed by atoms with Crippen molar-refractivity contribution in [3.05, 3.63) is 66.0 Å². The molecule has 1 saturated carbocycles. The van der Waals surface area contributed by atoms with Gasteiger partial charge in [-0.05, 0) is 43.4 Å². The van der Waals surface area contributed by atoms with Crippen LogP contribution in [0.2, 0.25) is 0 Å². The molecule has 29 heavy (non-hydrogen) atoms. The lowest BCUT2D eigenvalue weighted by atomic mass is 9.60. The van der Waals surface area contributed by atoms with Gasteiger partial charge >= 0.3 is 0 Å². The molecule has 0 bridgehead atoms. The Kier molecular flexibility index (Phi) is 5.13. The average molecular weight is 390 g/mol. The summed E-state index contributed by atoms with van der Waals surface area (Å²) in [4.78, 5) is 21.7. The number of hydrogen-bond acceptors (Lipinski definition) is 3. The number of likely N-dealkylation sites (tertiary alicyclic amines) is 2. The molecule has 2 aromatic rings. The van der Waals surface area contributed by atoms with Crippen molar-refractivity contribution in [2.45, 2.75) is 57.0 Å².